The van der Waals surface area contributed by atoms with Crippen LogP contribution in [-0.4, -0.2) is 12.9 Å². The number of ether oxygens (including phenoxy) is 1. The number of nitrogens with two attached hydrogens (primary N) is 1. The normalized spacial score (nSPS) is 11.9. The number of carbonyl (C=O) groups excluding carboxylic acids is 1. The van der Waals surface area contributed by atoms with E-state index in [9.17, 15) is 4.79 Å². The third-order valence-electron chi connectivity index (χ3n) is 3.31. The number of rotatable bonds is 5. The van der Waals surface area contributed by atoms with Crippen molar-refractivity contribution >= 4 is 5.78 Å². The molecule has 2 N–H and O–H groups in total. The maximum atomic E-state index is 12.3. The Morgan fingerprint density at radius 3 is 2.55 bits per heavy atom. The maximum absolute atomic E-state index is 12.3. The third-order valence-corrected chi connectivity index (χ3v) is 3.31. The Hall–Kier alpha value is -2.13. The van der Waals surface area contributed by atoms with Crippen LogP contribution in [0.1, 0.15) is 22.7 Å². The Balaban J connectivity index is 2.18. The Bertz CT molecular complexity index is 593. The Morgan fingerprint density at radius 2 is 1.90 bits per heavy atom. The largest absolute Gasteiger partial charge is 0.496 e. The number of methoxy groups -OCH3 is 1. The van der Waals surface area contributed by atoms with Crippen molar-refractivity contribution in [2.45, 2.75) is 19.4 Å². The molecule has 0 aliphatic heterocycles. The Labute approximate surface area is 119 Å². The fraction of sp³-hybridized carbons (Fsp3) is 0.235. The lowest BCUT2D eigenvalue weighted by atomic mass is 9.97. The van der Waals surface area contributed by atoms with Crippen molar-refractivity contribution in [2.75, 3.05) is 7.11 Å². The summed E-state index contributed by atoms with van der Waals surface area (Å²) < 4.78 is 5.29. The minimum absolute atomic E-state index is 0.0138. The van der Waals surface area contributed by atoms with Gasteiger partial charge >= 0.3 is 0 Å². The average molecular weight is 269 g/mol. The highest BCUT2D eigenvalue weighted by atomic mass is 16.5. The molecule has 0 radical (unpaired) electrons. The van der Waals surface area contributed by atoms with Gasteiger partial charge in [0.05, 0.1) is 13.2 Å². The molecule has 0 fully saturated rings. The highest BCUT2D eigenvalue weighted by Crippen LogP contribution is 2.22. The van der Waals surface area contributed by atoms with Crippen LogP contribution >= 0.6 is 0 Å². The molecule has 0 spiro atoms. The summed E-state index contributed by atoms with van der Waals surface area (Å²) in [5.74, 6) is 0.712. The first-order valence-corrected chi connectivity index (χ1v) is 6.58. The summed E-state index contributed by atoms with van der Waals surface area (Å²) >= 11 is 0. The molecule has 3 heteroatoms. The lowest BCUT2D eigenvalue weighted by Gasteiger charge is -2.13. The molecule has 3 nitrogen and oxygen atoms in total. The molecule has 2 aromatic carbocycles. The van der Waals surface area contributed by atoms with Crippen LogP contribution in [-0.2, 0) is 11.2 Å². The van der Waals surface area contributed by atoms with Gasteiger partial charge in [0, 0.05) is 12.0 Å². The van der Waals surface area contributed by atoms with Crippen molar-refractivity contribution < 1.29 is 9.53 Å². The van der Waals surface area contributed by atoms with E-state index in [1.807, 2.05) is 55.5 Å². The Morgan fingerprint density at radius 1 is 1.20 bits per heavy atom. The summed E-state index contributed by atoms with van der Waals surface area (Å²) in [6.45, 7) is 1.99. The van der Waals surface area contributed by atoms with Gasteiger partial charge in [0.15, 0.2) is 5.78 Å². The number of aryl methyl sites for hydroxylation is 1. The molecule has 0 aliphatic carbocycles. The van der Waals surface area contributed by atoms with Crippen molar-refractivity contribution in [3.05, 3.63) is 65.2 Å². The van der Waals surface area contributed by atoms with Gasteiger partial charge in [0.2, 0.25) is 0 Å². The predicted molar refractivity (Wildman–Crippen MR) is 79.8 cm³/mol. The molecule has 2 aromatic rings. The van der Waals surface area contributed by atoms with E-state index in [1.165, 1.54) is 0 Å². The standard InChI is InChI=1S/C17H19NO2/c1-12-8-9-16(20-2)14(10-12)11-15(19)17(18)13-6-4-3-5-7-13/h3-10,17H,11,18H2,1-2H3/t17-/m1/s1. The maximum Gasteiger partial charge on any atom is 0.158 e. The van der Waals surface area contributed by atoms with Gasteiger partial charge in [0.25, 0.3) is 0 Å². The summed E-state index contributed by atoms with van der Waals surface area (Å²) in [7, 11) is 1.61. The van der Waals surface area contributed by atoms with E-state index < -0.39 is 6.04 Å². The molecule has 0 aromatic heterocycles. The lowest BCUT2D eigenvalue weighted by molar-refractivity contribution is -0.119. The monoisotopic (exact) mass is 269 g/mol. The van der Waals surface area contributed by atoms with E-state index >= 15 is 0 Å². The highest BCUT2D eigenvalue weighted by molar-refractivity contribution is 5.87. The predicted octanol–water partition coefficient (Wildman–Crippen LogP) is 2.82. The molecular formula is C17H19NO2. The minimum Gasteiger partial charge on any atom is -0.496 e. The fourth-order valence-electron chi connectivity index (χ4n) is 2.19. The van der Waals surface area contributed by atoms with E-state index in [-0.39, 0.29) is 12.2 Å². The Kier molecular flexibility index (Phi) is 4.53. The molecule has 0 bridgehead atoms. The smallest absolute Gasteiger partial charge is 0.158 e. The molecule has 2 rings (SSSR count). The van der Waals surface area contributed by atoms with Crippen LogP contribution in [0, 0.1) is 6.92 Å². The van der Waals surface area contributed by atoms with Crippen LogP contribution in [0.5, 0.6) is 5.75 Å². The number of hydrogen-bond donors (Lipinski definition) is 1. The summed E-state index contributed by atoms with van der Waals surface area (Å²) in [5, 5.41) is 0. The second kappa shape index (κ2) is 6.35. The topological polar surface area (TPSA) is 52.3 Å². The van der Waals surface area contributed by atoms with Gasteiger partial charge in [0.1, 0.15) is 5.75 Å². The fourth-order valence-corrected chi connectivity index (χ4v) is 2.19. The van der Waals surface area contributed by atoms with Crippen LogP contribution in [0.25, 0.3) is 0 Å². The van der Waals surface area contributed by atoms with E-state index in [2.05, 4.69) is 0 Å². The first kappa shape index (κ1) is 14.3. The summed E-state index contributed by atoms with van der Waals surface area (Å²) in [6.07, 6.45) is 0.279. The second-order valence-corrected chi connectivity index (χ2v) is 4.85. The van der Waals surface area contributed by atoms with Crippen molar-refractivity contribution in [1.29, 1.82) is 0 Å². The van der Waals surface area contributed by atoms with Gasteiger partial charge in [-0.1, -0.05) is 48.0 Å². The molecule has 0 saturated heterocycles. The van der Waals surface area contributed by atoms with E-state index in [0.717, 1.165) is 22.4 Å². The number of ketones is 1. The van der Waals surface area contributed by atoms with Gasteiger partial charge in [-0.25, -0.2) is 0 Å². The van der Waals surface area contributed by atoms with E-state index in [1.54, 1.807) is 7.11 Å². The molecule has 1 atom stereocenters. The SMILES string of the molecule is COc1ccc(C)cc1CC(=O)[C@H](N)c1ccccc1. The minimum atomic E-state index is -0.596. The number of benzene rings is 2. The lowest BCUT2D eigenvalue weighted by Crippen LogP contribution is -2.23. The quantitative estimate of drug-likeness (QED) is 0.908. The van der Waals surface area contributed by atoms with Crippen molar-refractivity contribution in [1.82, 2.24) is 0 Å². The van der Waals surface area contributed by atoms with E-state index in [4.69, 9.17) is 10.5 Å². The molecule has 0 aliphatic rings. The number of hydrogen-bond acceptors (Lipinski definition) is 3. The second-order valence-electron chi connectivity index (χ2n) is 4.85. The van der Waals surface area contributed by atoms with Crippen LogP contribution in [0.4, 0.5) is 0 Å². The summed E-state index contributed by atoms with van der Waals surface area (Å²) in [6, 6.07) is 14.6. The molecular weight excluding hydrogens is 250 g/mol. The zero-order chi connectivity index (χ0) is 14.5. The van der Waals surface area contributed by atoms with Gasteiger partial charge in [-0.15, -0.1) is 0 Å². The number of carbonyl (C=O) groups is 1. The highest BCUT2D eigenvalue weighted by Gasteiger charge is 2.17. The van der Waals surface area contributed by atoms with Crippen LogP contribution in [0.3, 0.4) is 0 Å². The van der Waals surface area contributed by atoms with Crippen molar-refractivity contribution in [2.24, 2.45) is 5.73 Å². The van der Waals surface area contributed by atoms with Crippen LogP contribution in [0.15, 0.2) is 48.5 Å². The average Bonchev–Trinajstić information content (AvgIpc) is 2.47. The van der Waals surface area contributed by atoms with Crippen molar-refractivity contribution in [3.63, 3.8) is 0 Å². The molecule has 0 unspecified atom stereocenters. The van der Waals surface area contributed by atoms with Crippen molar-refractivity contribution in [3.8, 4) is 5.75 Å². The van der Waals surface area contributed by atoms with Gasteiger partial charge < -0.3 is 10.5 Å². The molecule has 20 heavy (non-hydrogen) atoms. The van der Waals surface area contributed by atoms with Crippen LogP contribution < -0.4 is 10.5 Å². The first-order chi connectivity index (χ1) is 9.61. The zero-order valence-corrected chi connectivity index (χ0v) is 11.8. The summed E-state index contributed by atoms with van der Waals surface area (Å²) in [4.78, 5) is 12.3. The summed E-state index contributed by atoms with van der Waals surface area (Å²) in [5.41, 5.74) is 8.84. The first-order valence-electron chi connectivity index (χ1n) is 6.58. The van der Waals surface area contributed by atoms with Gasteiger partial charge in [-0.05, 0) is 18.6 Å². The molecule has 0 saturated carbocycles. The third kappa shape index (κ3) is 3.25. The zero-order valence-electron chi connectivity index (χ0n) is 11.8. The molecule has 0 heterocycles. The number of Topliss-reactive ketones (excluding diaryl/α,β-unsaturated/α-hetero) is 1. The van der Waals surface area contributed by atoms with Gasteiger partial charge in [-0.3, -0.25) is 4.79 Å². The van der Waals surface area contributed by atoms with E-state index in [0.29, 0.717) is 0 Å². The molecule has 0 amide bonds. The van der Waals surface area contributed by atoms with Gasteiger partial charge in [-0.2, -0.15) is 0 Å². The molecule has 104 valence electrons. The van der Waals surface area contributed by atoms with Crippen LogP contribution in [0.2, 0.25) is 0 Å².